The van der Waals surface area contributed by atoms with E-state index in [4.69, 9.17) is 10.5 Å². The zero-order valence-electron chi connectivity index (χ0n) is 12.4. The van der Waals surface area contributed by atoms with Crippen LogP contribution in [0.4, 0.5) is 0 Å². The highest BCUT2D eigenvalue weighted by Crippen LogP contribution is 2.25. The molecule has 21 heavy (non-hydrogen) atoms. The van der Waals surface area contributed by atoms with Crippen molar-refractivity contribution in [3.63, 3.8) is 0 Å². The van der Waals surface area contributed by atoms with Gasteiger partial charge in [0.25, 0.3) is 0 Å². The molecular formula is C16H24IN3O. The van der Waals surface area contributed by atoms with Crippen LogP contribution in [0.15, 0.2) is 23.2 Å². The van der Waals surface area contributed by atoms with Gasteiger partial charge in [-0.15, -0.1) is 24.0 Å². The van der Waals surface area contributed by atoms with Crippen molar-refractivity contribution in [2.24, 2.45) is 10.7 Å². The number of halogens is 1. The summed E-state index contributed by atoms with van der Waals surface area (Å²) in [6, 6.07) is 6.46. The van der Waals surface area contributed by atoms with Crippen LogP contribution in [0.5, 0.6) is 5.75 Å². The summed E-state index contributed by atoms with van der Waals surface area (Å²) >= 11 is 0. The van der Waals surface area contributed by atoms with Gasteiger partial charge in [0.2, 0.25) is 0 Å². The van der Waals surface area contributed by atoms with E-state index < -0.39 is 0 Å². The molecule has 0 spiro atoms. The van der Waals surface area contributed by atoms with Crippen LogP contribution < -0.4 is 10.5 Å². The van der Waals surface area contributed by atoms with Gasteiger partial charge < -0.3 is 15.4 Å². The average molecular weight is 401 g/mol. The van der Waals surface area contributed by atoms with Crippen LogP contribution >= 0.6 is 24.0 Å². The molecule has 0 atom stereocenters. The first kappa shape index (κ1) is 16.4. The lowest BCUT2D eigenvalue weighted by molar-refractivity contribution is 0.338. The van der Waals surface area contributed by atoms with Gasteiger partial charge in [-0.25, -0.2) is 0 Å². The number of hydrogen-bond acceptors (Lipinski definition) is 2. The number of nitrogens with zero attached hydrogens (tertiary/aromatic N) is 2. The monoisotopic (exact) mass is 401 g/mol. The number of ether oxygens (including phenoxy) is 1. The zero-order chi connectivity index (χ0) is 13.8. The number of piperidine rings is 1. The molecule has 2 heterocycles. The Labute approximate surface area is 143 Å². The molecule has 3 rings (SSSR count). The molecule has 0 radical (unpaired) electrons. The van der Waals surface area contributed by atoms with E-state index >= 15 is 0 Å². The zero-order valence-corrected chi connectivity index (χ0v) is 14.7. The van der Waals surface area contributed by atoms with Crippen LogP contribution in [0.1, 0.15) is 30.4 Å². The number of benzene rings is 1. The maximum absolute atomic E-state index is 6.06. The highest BCUT2D eigenvalue weighted by atomic mass is 127. The average Bonchev–Trinajstić information content (AvgIpc) is 2.95. The molecule has 5 heteroatoms. The summed E-state index contributed by atoms with van der Waals surface area (Å²) in [5, 5.41) is 0. The fourth-order valence-electron chi connectivity index (χ4n) is 2.92. The van der Waals surface area contributed by atoms with Crippen molar-refractivity contribution < 1.29 is 4.74 Å². The minimum atomic E-state index is 0. The number of likely N-dealkylation sites (tertiary alicyclic amines) is 1. The predicted octanol–water partition coefficient (Wildman–Crippen LogP) is 2.58. The SMILES string of the molecule is I.NC(=NCCc1ccc2c(c1)CCO2)N1CCCCC1. The lowest BCUT2D eigenvalue weighted by Gasteiger charge is -2.27. The number of guanidine groups is 1. The smallest absolute Gasteiger partial charge is 0.191 e. The van der Waals surface area contributed by atoms with E-state index in [-0.39, 0.29) is 24.0 Å². The summed E-state index contributed by atoms with van der Waals surface area (Å²) in [5.74, 6) is 1.76. The van der Waals surface area contributed by atoms with Crippen LogP contribution in [0.2, 0.25) is 0 Å². The van der Waals surface area contributed by atoms with E-state index in [1.165, 1.54) is 30.4 Å². The summed E-state index contributed by atoms with van der Waals surface area (Å²) in [6.07, 6.45) is 5.77. The molecule has 0 aliphatic carbocycles. The molecule has 1 saturated heterocycles. The first-order valence-corrected chi connectivity index (χ1v) is 7.62. The van der Waals surface area contributed by atoms with E-state index in [0.717, 1.165) is 44.8 Å². The Balaban J connectivity index is 0.00000161. The highest BCUT2D eigenvalue weighted by molar-refractivity contribution is 14.0. The molecule has 0 saturated carbocycles. The van der Waals surface area contributed by atoms with Crippen molar-refractivity contribution in [3.8, 4) is 5.75 Å². The molecule has 0 aromatic heterocycles. The second-order valence-corrected chi connectivity index (χ2v) is 5.58. The minimum absolute atomic E-state index is 0. The van der Waals surface area contributed by atoms with Crippen LogP contribution in [0, 0.1) is 0 Å². The van der Waals surface area contributed by atoms with Crippen LogP contribution in [0.25, 0.3) is 0 Å². The van der Waals surface area contributed by atoms with Gasteiger partial charge in [0, 0.05) is 26.1 Å². The first-order chi connectivity index (χ1) is 9.83. The summed E-state index contributed by atoms with van der Waals surface area (Å²) in [6.45, 7) is 3.71. The second kappa shape index (κ2) is 7.87. The summed E-state index contributed by atoms with van der Waals surface area (Å²) in [4.78, 5) is 6.73. The molecule has 1 aromatic rings. The third-order valence-corrected chi connectivity index (χ3v) is 4.11. The lowest BCUT2D eigenvalue weighted by atomic mass is 10.1. The Morgan fingerprint density at radius 3 is 2.86 bits per heavy atom. The Kier molecular flexibility index (Phi) is 6.14. The van der Waals surface area contributed by atoms with Gasteiger partial charge in [-0.3, -0.25) is 4.99 Å². The Morgan fingerprint density at radius 2 is 2.05 bits per heavy atom. The maximum Gasteiger partial charge on any atom is 0.191 e. The third kappa shape index (κ3) is 4.25. The Bertz CT molecular complexity index is 498. The van der Waals surface area contributed by atoms with Gasteiger partial charge in [0.05, 0.1) is 6.61 Å². The molecule has 1 aromatic carbocycles. The number of fused-ring (bicyclic) bond motifs is 1. The molecule has 2 aliphatic rings. The van der Waals surface area contributed by atoms with Crippen molar-refractivity contribution >= 4 is 29.9 Å². The van der Waals surface area contributed by atoms with E-state index in [1.807, 2.05) is 0 Å². The quantitative estimate of drug-likeness (QED) is 0.481. The van der Waals surface area contributed by atoms with Crippen LogP contribution in [-0.4, -0.2) is 37.1 Å². The molecule has 2 N–H and O–H groups in total. The van der Waals surface area contributed by atoms with E-state index in [9.17, 15) is 0 Å². The third-order valence-electron chi connectivity index (χ3n) is 4.11. The Hall–Kier alpha value is -0.980. The number of nitrogens with two attached hydrogens (primary N) is 1. The largest absolute Gasteiger partial charge is 0.493 e. The highest BCUT2D eigenvalue weighted by Gasteiger charge is 2.13. The molecule has 2 aliphatic heterocycles. The van der Waals surface area contributed by atoms with Crippen molar-refractivity contribution in [1.29, 1.82) is 0 Å². The van der Waals surface area contributed by atoms with Gasteiger partial charge >= 0.3 is 0 Å². The van der Waals surface area contributed by atoms with Crippen molar-refractivity contribution in [2.75, 3.05) is 26.2 Å². The van der Waals surface area contributed by atoms with E-state index in [1.54, 1.807) is 0 Å². The van der Waals surface area contributed by atoms with Crippen LogP contribution in [-0.2, 0) is 12.8 Å². The molecular weight excluding hydrogens is 377 g/mol. The molecule has 0 bridgehead atoms. The van der Waals surface area contributed by atoms with Crippen molar-refractivity contribution in [2.45, 2.75) is 32.1 Å². The fourth-order valence-corrected chi connectivity index (χ4v) is 2.92. The topological polar surface area (TPSA) is 50.9 Å². The number of hydrogen-bond donors (Lipinski definition) is 1. The summed E-state index contributed by atoms with van der Waals surface area (Å²) < 4.78 is 5.52. The molecule has 0 unspecified atom stereocenters. The first-order valence-electron chi connectivity index (χ1n) is 7.62. The van der Waals surface area contributed by atoms with Gasteiger partial charge in [0.15, 0.2) is 5.96 Å². The normalized spacial score (nSPS) is 17.9. The number of rotatable bonds is 3. The van der Waals surface area contributed by atoms with Crippen LogP contribution in [0.3, 0.4) is 0 Å². The fraction of sp³-hybridized carbons (Fsp3) is 0.562. The molecule has 4 nitrogen and oxygen atoms in total. The van der Waals surface area contributed by atoms with E-state index in [0.29, 0.717) is 5.96 Å². The van der Waals surface area contributed by atoms with Gasteiger partial charge in [-0.05, 0) is 42.9 Å². The lowest BCUT2D eigenvalue weighted by Crippen LogP contribution is -2.41. The Morgan fingerprint density at radius 1 is 1.24 bits per heavy atom. The van der Waals surface area contributed by atoms with Gasteiger partial charge in [-0.2, -0.15) is 0 Å². The summed E-state index contributed by atoms with van der Waals surface area (Å²) in [5.41, 5.74) is 8.71. The molecule has 116 valence electrons. The van der Waals surface area contributed by atoms with Gasteiger partial charge in [0.1, 0.15) is 5.75 Å². The van der Waals surface area contributed by atoms with E-state index in [2.05, 4.69) is 28.1 Å². The van der Waals surface area contributed by atoms with Crippen molar-refractivity contribution in [1.82, 2.24) is 4.90 Å². The van der Waals surface area contributed by atoms with Crippen molar-refractivity contribution in [3.05, 3.63) is 29.3 Å². The predicted molar refractivity (Wildman–Crippen MR) is 96.7 cm³/mol. The standard InChI is InChI=1S/C16H23N3O.HI/c17-16(19-9-2-1-3-10-19)18-8-6-13-4-5-15-14(12-13)7-11-20-15;/h4-5,12H,1-3,6-11H2,(H2,17,18);1H. The number of aliphatic imine (C=N–C) groups is 1. The molecule has 1 fully saturated rings. The summed E-state index contributed by atoms with van der Waals surface area (Å²) in [7, 11) is 0. The second-order valence-electron chi connectivity index (χ2n) is 5.58. The van der Waals surface area contributed by atoms with Gasteiger partial charge in [-0.1, -0.05) is 12.1 Å². The maximum atomic E-state index is 6.06. The molecule has 0 amide bonds. The minimum Gasteiger partial charge on any atom is -0.493 e.